The number of esters is 4. The lowest BCUT2D eigenvalue weighted by Gasteiger charge is -2.21. The number of ether oxygens (including phenoxy) is 4. The van der Waals surface area contributed by atoms with Crippen LogP contribution in [0.25, 0.3) is 0 Å². The van der Waals surface area contributed by atoms with Crippen LogP contribution in [-0.2, 0) is 65.4 Å². The topological polar surface area (TPSA) is 237 Å². The summed E-state index contributed by atoms with van der Waals surface area (Å²) < 4.78 is 67.6. The minimum atomic E-state index is -4.94. The Balaban J connectivity index is 5.12. The van der Waals surface area contributed by atoms with Crippen molar-refractivity contribution >= 4 is 39.5 Å². The Kier molecular flexibility index (Phi) is 55.8. The summed E-state index contributed by atoms with van der Waals surface area (Å²) in [6, 6.07) is 0. The summed E-state index contributed by atoms with van der Waals surface area (Å²) >= 11 is 0. The Bertz CT molecular complexity index is 1570. The third kappa shape index (κ3) is 56.9. The van der Waals surface area contributed by atoms with E-state index in [4.69, 9.17) is 37.0 Å². The number of hydrogen-bond acceptors (Lipinski definition) is 15. The first-order chi connectivity index (χ1) is 39.2. The van der Waals surface area contributed by atoms with Gasteiger partial charge in [0.25, 0.3) is 0 Å². The number of aliphatic hydroxyl groups is 1. The van der Waals surface area contributed by atoms with E-state index in [2.05, 4.69) is 27.7 Å². The maximum Gasteiger partial charge on any atom is 0.472 e. The van der Waals surface area contributed by atoms with Crippen LogP contribution in [0.15, 0.2) is 0 Å². The second-order valence-electron chi connectivity index (χ2n) is 22.4. The van der Waals surface area contributed by atoms with Gasteiger partial charge in [0.2, 0.25) is 0 Å². The highest BCUT2D eigenvalue weighted by Gasteiger charge is 2.30. The van der Waals surface area contributed by atoms with Crippen molar-refractivity contribution < 1.29 is 80.2 Å². The molecule has 0 spiro atoms. The zero-order chi connectivity index (χ0) is 59.8. The first-order valence-electron chi connectivity index (χ1n) is 32.8. The van der Waals surface area contributed by atoms with Gasteiger partial charge in [0.05, 0.1) is 26.4 Å². The molecule has 0 radical (unpaired) electrons. The van der Waals surface area contributed by atoms with Crippen LogP contribution in [0.3, 0.4) is 0 Å². The molecule has 0 amide bonds. The third-order valence-corrected chi connectivity index (χ3v) is 16.3. The van der Waals surface area contributed by atoms with Crippen molar-refractivity contribution in [2.75, 3.05) is 39.6 Å². The smallest absolute Gasteiger partial charge is 0.462 e. The van der Waals surface area contributed by atoms with Crippen molar-refractivity contribution in [1.82, 2.24) is 0 Å². The largest absolute Gasteiger partial charge is 0.472 e. The first-order valence-corrected chi connectivity index (χ1v) is 35.8. The van der Waals surface area contributed by atoms with E-state index in [0.29, 0.717) is 25.7 Å². The summed E-state index contributed by atoms with van der Waals surface area (Å²) in [6.45, 7) is 4.74. The molecule has 0 aliphatic carbocycles. The SMILES string of the molecule is CCCCCCCCCCCCCCCCCC(=O)OC[C@H](COP(=O)(O)OC[C@@H](O)COP(=O)(O)OC[C@@H](COC(=O)CCCCCCC)OC(=O)CCCCCCCC)OC(=O)CCCCCCCCCCCCCCCCC. The van der Waals surface area contributed by atoms with Gasteiger partial charge in [-0.25, -0.2) is 9.13 Å². The summed E-state index contributed by atoms with van der Waals surface area (Å²) in [5.74, 6) is -2.15. The lowest BCUT2D eigenvalue weighted by molar-refractivity contribution is -0.161. The van der Waals surface area contributed by atoms with Crippen LogP contribution >= 0.6 is 15.6 Å². The van der Waals surface area contributed by atoms with Crippen molar-refractivity contribution in [2.24, 2.45) is 0 Å². The van der Waals surface area contributed by atoms with Crippen LogP contribution < -0.4 is 0 Å². The molecule has 0 rings (SSSR count). The van der Waals surface area contributed by atoms with E-state index in [9.17, 15) is 43.2 Å². The Morgan fingerprint density at radius 3 is 0.728 bits per heavy atom. The van der Waals surface area contributed by atoms with Gasteiger partial charge in [-0.1, -0.05) is 265 Å². The maximum atomic E-state index is 13.0. The third-order valence-electron chi connectivity index (χ3n) is 14.4. The van der Waals surface area contributed by atoms with Gasteiger partial charge in [-0.2, -0.15) is 0 Å². The summed E-state index contributed by atoms with van der Waals surface area (Å²) in [5.41, 5.74) is 0. The fraction of sp³-hybridized carbons (Fsp3) is 0.935. The molecule has 5 atom stereocenters. The van der Waals surface area contributed by atoms with Gasteiger partial charge in [0.1, 0.15) is 19.3 Å². The number of rotatable bonds is 63. The number of carbonyl (C=O) groups excluding carboxylic acids is 4. The number of phosphoric ester groups is 2. The van der Waals surface area contributed by atoms with E-state index < -0.39 is 97.5 Å². The van der Waals surface area contributed by atoms with Crippen molar-refractivity contribution in [3.8, 4) is 0 Å². The average molecular weight is 1200 g/mol. The molecule has 0 aliphatic rings. The van der Waals surface area contributed by atoms with Crippen LogP contribution in [0, 0.1) is 0 Å². The van der Waals surface area contributed by atoms with E-state index in [1.165, 1.54) is 135 Å². The van der Waals surface area contributed by atoms with Gasteiger partial charge < -0.3 is 33.8 Å². The van der Waals surface area contributed by atoms with Gasteiger partial charge in [-0.15, -0.1) is 0 Å². The highest BCUT2D eigenvalue weighted by atomic mass is 31.2. The molecule has 0 bridgehead atoms. The molecule has 2 unspecified atom stereocenters. The van der Waals surface area contributed by atoms with E-state index in [-0.39, 0.29) is 25.7 Å². The molecule has 0 aromatic rings. The molecule has 0 saturated carbocycles. The number of carbonyl (C=O) groups is 4. The highest BCUT2D eigenvalue weighted by Crippen LogP contribution is 2.45. The van der Waals surface area contributed by atoms with Gasteiger partial charge >= 0.3 is 39.5 Å². The van der Waals surface area contributed by atoms with E-state index in [1.54, 1.807) is 0 Å². The van der Waals surface area contributed by atoms with E-state index in [1.807, 2.05) is 0 Å². The van der Waals surface area contributed by atoms with Crippen molar-refractivity contribution in [3.63, 3.8) is 0 Å². The molecule has 0 saturated heterocycles. The lowest BCUT2D eigenvalue weighted by atomic mass is 10.0. The summed E-state index contributed by atoms with van der Waals surface area (Å²) in [6.07, 6.45) is 42.3. The Morgan fingerprint density at radius 2 is 0.494 bits per heavy atom. The number of unbranched alkanes of at least 4 members (excludes halogenated alkanes) is 37. The Labute approximate surface area is 492 Å². The van der Waals surface area contributed by atoms with Gasteiger partial charge in [-0.3, -0.25) is 37.3 Å². The standard InChI is InChI=1S/C62H120O17P2/c1-5-9-13-17-20-22-24-26-28-30-32-34-36-40-43-47-60(65)73-53-58(79-62(67)49-45-41-37-35-33-31-29-27-25-23-21-18-14-10-6-2)55-77-81(70,71)75-51-56(63)50-74-80(68,69)76-54-57(52-72-59(64)46-42-38-16-12-8-4)78-61(66)48-44-39-19-15-11-7-3/h56-58,63H,5-55H2,1-4H3,(H,68,69)(H,70,71)/t56-,57+,58+/m0/s1. The van der Waals surface area contributed by atoms with Gasteiger partial charge in [0.15, 0.2) is 12.2 Å². The fourth-order valence-corrected chi connectivity index (χ4v) is 10.9. The Hall–Kier alpha value is -1.94. The molecule has 0 aromatic heterocycles. The van der Waals surface area contributed by atoms with Crippen molar-refractivity contribution in [1.29, 1.82) is 0 Å². The quantitative estimate of drug-likeness (QED) is 0.0222. The molecule has 0 heterocycles. The molecule has 480 valence electrons. The van der Waals surface area contributed by atoms with Crippen molar-refractivity contribution in [2.45, 2.75) is 335 Å². The van der Waals surface area contributed by atoms with E-state index in [0.717, 1.165) is 103 Å². The second-order valence-corrected chi connectivity index (χ2v) is 25.4. The van der Waals surface area contributed by atoms with Crippen LogP contribution in [0.1, 0.15) is 317 Å². The molecule has 0 aromatic carbocycles. The molecule has 81 heavy (non-hydrogen) atoms. The molecule has 17 nitrogen and oxygen atoms in total. The summed E-state index contributed by atoms with van der Waals surface area (Å²) in [5, 5.41) is 10.5. The minimum Gasteiger partial charge on any atom is -0.462 e. The predicted octanol–water partition coefficient (Wildman–Crippen LogP) is 17.2. The molecule has 3 N–H and O–H groups in total. The number of aliphatic hydroxyl groups excluding tert-OH is 1. The maximum absolute atomic E-state index is 13.0. The molecule has 0 fully saturated rings. The molecular weight excluding hydrogens is 1080 g/mol. The number of phosphoric acid groups is 2. The summed E-state index contributed by atoms with van der Waals surface area (Å²) in [7, 11) is -9.86. The average Bonchev–Trinajstić information content (AvgIpc) is 3.44. The zero-order valence-electron chi connectivity index (χ0n) is 51.7. The summed E-state index contributed by atoms with van der Waals surface area (Å²) in [4.78, 5) is 71.7. The van der Waals surface area contributed by atoms with Crippen LogP contribution in [0.2, 0.25) is 0 Å². The van der Waals surface area contributed by atoms with Crippen molar-refractivity contribution in [3.05, 3.63) is 0 Å². The minimum absolute atomic E-state index is 0.102. The fourth-order valence-electron chi connectivity index (χ4n) is 9.28. The van der Waals surface area contributed by atoms with Crippen LogP contribution in [0.4, 0.5) is 0 Å². The molecule has 19 heteroatoms. The second kappa shape index (κ2) is 57.2. The predicted molar refractivity (Wildman–Crippen MR) is 322 cm³/mol. The monoisotopic (exact) mass is 1200 g/mol. The Morgan fingerprint density at radius 1 is 0.296 bits per heavy atom. The van der Waals surface area contributed by atoms with Gasteiger partial charge in [0, 0.05) is 25.7 Å². The lowest BCUT2D eigenvalue weighted by Crippen LogP contribution is -2.30. The van der Waals surface area contributed by atoms with Crippen LogP contribution in [0.5, 0.6) is 0 Å². The van der Waals surface area contributed by atoms with Crippen LogP contribution in [-0.4, -0.2) is 96.7 Å². The zero-order valence-corrected chi connectivity index (χ0v) is 53.5. The van der Waals surface area contributed by atoms with Gasteiger partial charge in [-0.05, 0) is 25.7 Å². The normalized spacial score (nSPS) is 14.2. The number of hydrogen-bond donors (Lipinski definition) is 3. The molecular formula is C62H120O17P2. The highest BCUT2D eigenvalue weighted by molar-refractivity contribution is 7.47. The van der Waals surface area contributed by atoms with E-state index >= 15 is 0 Å². The molecule has 0 aliphatic heterocycles. The first kappa shape index (κ1) is 79.1.